The first kappa shape index (κ1) is 11.6. The van der Waals surface area contributed by atoms with E-state index in [4.69, 9.17) is 0 Å². The van der Waals surface area contributed by atoms with Crippen LogP contribution in [0.15, 0.2) is 30.6 Å². The lowest BCUT2D eigenvalue weighted by atomic mass is 10.0. The normalized spacial score (nSPS) is 12.5. The van der Waals surface area contributed by atoms with E-state index in [-0.39, 0.29) is 11.4 Å². The van der Waals surface area contributed by atoms with Crippen molar-refractivity contribution in [2.45, 2.75) is 13.0 Å². The molecule has 0 radical (unpaired) electrons. The third-order valence-corrected chi connectivity index (χ3v) is 2.42. The number of hydrogen-bond donors (Lipinski definition) is 1. The fraction of sp³-hybridized carbons (Fsp3) is 0.167. The molecule has 0 aliphatic heterocycles. The van der Waals surface area contributed by atoms with Gasteiger partial charge in [0, 0.05) is 12.4 Å². The number of hydrogen-bond acceptors (Lipinski definition) is 3. The third-order valence-electron chi connectivity index (χ3n) is 2.42. The highest BCUT2D eigenvalue weighted by Crippen LogP contribution is 2.26. The monoisotopic (exact) mass is 236 g/mol. The van der Waals surface area contributed by atoms with E-state index in [1.807, 2.05) is 0 Å². The van der Waals surface area contributed by atoms with E-state index in [1.54, 1.807) is 6.07 Å². The number of nitrogens with zero attached hydrogens (tertiary/aromatic N) is 2. The van der Waals surface area contributed by atoms with Gasteiger partial charge in [-0.3, -0.25) is 0 Å². The lowest BCUT2D eigenvalue weighted by Crippen LogP contribution is -2.10. The van der Waals surface area contributed by atoms with Gasteiger partial charge in [0.05, 0.1) is 5.56 Å². The average molecular weight is 236 g/mol. The molecule has 0 bridgehead atoms. The number of aliphatic hydroxyl groups is 1. The summed E-state index contributed by atoms with van der Waals surface area (Å²) in [6.07, 6.45) is 1.30. The topological polar surface area (TPSA) is 46.0 Å². The minimum Gasteiger partial charge on any atom is -0.380 e. The predicted octanol–water partition coefficient (Wildman–Crippen LogP) is 2.14. The van der Waals surface area contributed by atoms with Crippen LogP contribution in [-0.4, -0.2) is 15.1 Å². The van der Waals surface area contributed by atoms with Crippen LogP contribution >= 0.6 is 0 Å². The van der Waals surface area contributed by atoms with Gasteiger partial charge in [0.1, 0.15) is 17.7 Å². The highest BCUT2D eigenvalue weighted by molar-refractivity contribution is 5.31. The van der Waals surface area contributed by atoms with Gasteiger partial charge in [0.15, 0.2) is 5.82 Å². The summed E-state index contributed by atoms with van der Waals surface area (Å²) in [4.78, 5) is 7.54. The number of halogens is 2. The zero-order chi connectivity index (χ0) is 12.4. The molecule has 5 heteroatoms. The molecule has 0 saturated carbocycles. The third kappa shape index (κ3) is 2.14. The zero-order valence-corrected chi connectivity index (χ0v) is 9.06. The Labute approximate surface area is 96.8 Å². The molecule has 0 aliphatic carbocycles. The molecular formula is C12H10F2N2O. The van der Waals surface area contributed by atoms with Crippen molar-refractivity contribution in [3.8, 4) is 0 Å². The maximum absolute atomic E-state index is 13.7. The Hall–Kier alpha value is -1.88. The molecular weight excluding hydrogens is 226 g/mol. The van der Waals surface area contributed by atoms with Crippen molar-refractivity contribution in [2.24, 2.45) is 0 Å². The average Bonchev–Trinajstić information content (AvgIpc) is 2.35. The molecule has 0 spiro atoms. The van der Waals surface area contributed by atoms with E-state index in [9.17, 15) is 13.9 Å². The summed E-state index contributed by atoms with van der Waals surface area (Å²) < 4.78 is 27.3. The fourth-order valence-corrected chi connectivity index (χ4v) is 1.51. The first-order valence-corrected chi connectivity index (χ1v) is 5.00. The molecule has 1 aromatic heterocycles. The molecule has 0 fully saturated rings. The van der Waals surface area contributed by atoms with Crippen molar-refractivity contribution >= 4 is 0 Å². The van der Waals surface area contributed by atoms with Gasteiger partial charge >= 0.3 is 0 Å². The van der Waals surface area contributed by atoms with Crippen LogP contribution in [-0.2, 0) is 0 Å². The summed E-state index contributed by atoms with van der Waals surface area (Å²) in [5.41, 5.74) is -0.160. The molecule has 0 amide bonds. The van der Waals surface area contributed by atoms with Crippen LogP contribution in [0.2, 0.25) is 0 Å². The minimum atomic E-state index is -1.50. The molecule has 1 N–H and O–H groups in total. The van der Waals surface area contributed by atoms with Crippen molar-refractivity contribution in [3.05, 3.63) is 59.2 Å². The second-order valence-electron chi connectivity index (χ2n) is 3.60. The standard InChI is InChI=1S/C12H10F2N2O/c1-7-3-4-8(13)9(10(7)14)11(17)12-15-5-2-6-16-12/h2-6,11,17H,1H3. The summed E-state index contributed by atoms with van der Waals surface area (Å²) >= 11 is 0. The Balaban J connectivity index is 2.51. The second kappa shape index (κ2) is 4.55. The van der Waals surface area contributed by atoms with Gasteiger partial charge in [-0.1, -0.05) is 6.07 Å². The van der Waals surface area contributed by atoms with Crippen molar-refractivity contribution in [3.63, 3.8) is 0 Å². The molecule has 1 aromatic carbocycles. The highest BCUT2D eigenvalue weighted by Gasteiger charge is 2.22. The Morgan fingerprint density at radius 3 is 2.47 bits per heavy atom. The first-order valence-electron chi connectivity index (χ1n) is 5.00. The van der Waals surface area contributed by atoms with Crippen molar-refractivity contribution in [1.82, 2.24) is 9.97 Å². The lowest BCUT2D eigenvalue weighted by Gasteiger charge is -2.12. The minimum absolute atomic E-state index is 0.0316. The summed E-state index contributed by atoms with van der Waals surface area (Å²) in [7, 11) is 0. The summed E-state index contributed by atoms with van der Waals surface area (Å²) in [5.74, 6) is -1.62. The van der Waals surface area contributed by atoms with Crippen LogP contribution in [0.4, 0.5) is 8.78 Å². The van der Waals surface area contributed by atoms with Crippen molar-refractivity contribution < 1.29 is 13.9 Å². The van der Waals surface area contributed by atoms with Crippen LogP contribution in [0.1, 0.15) is 23.1 Å². The SMILES string of the molecule is Cc1ccc(F)c(C(O)c2ncccn2)c1F. The Morgan fingerprint density at radius 1 is 1.18 bits per heavy atom. The van der Waals surface area contributed by atoms with Crippen LogP contribution in [0.5, 0.6) is 0 Å². The van der Waals surface area contributed by atoms with Crippen LogP contribution in [0.25, 0.3) is 0 Å². The molecule has 1 unspecified atom stereocenters. The second-order valence-corrected chi connectivity index (χ2v) is 3.60. The Kier molecular flexibility index (Phi) is 3.10. The van der Waals surface area contributed by atoms with Crippen LogP contribution in [0, 0.1) is 18.6 Å². The molecule has 0 saturated heterocycles. The summed E-state index contributed by atoms with van der Waals surface area (Å²) in [6, 6.07) is 3.98. The van der Waals surface area contributed by atoms with E-state index < -0.39 is 23.3 Å². The number of aryl methyl sites for hydroxylation is 1. The molecule has 2 rings (SSSR count). The smallest absolute Gasteiger partial charge is 0.161 e. The van der Waals surface area contributed by atoms with Crippen LogP contribution in [0.3, 0.4) is 0 Å². The van der Waals surface area contributed by atoms with E-state index >= 15 is 0 Å². The van der Waals surface area contributed by atoms with Gasteiger partial charge in [0.2, 0.25) is 0 Å². The first-order chi connectivity index (χ1) is 8.11. The Bertz CT molecular complexity index is 532. The number of aliphatic hydroxyl groups excluding tert-OH is 1. The van der Waals surface area contributed by atoms with Gasteiger partial charge in [-0.25, -0.2) is 18.7 Å². The largest absolute Gasteiger partial charge is 0.380 e. The van der Waals surface area contributed by atoms with Crippen molar-refractivity contribution in [1.29, 1.82) is 0 Å². The van der Waals surface area contributed by atoms with Gasteiger partial charge in [-0.05, 0) is 24.6 Å². The lowest BCUT2D eigenvalue weighted by molar-refractivity contribution is 0.198. The maximum Gasteiger partial charge on any atom is 0.161 e. The Morgan fingerprint density at radius 2 is 1.82 bits per heavy atom. The molecule has 17 heavy (non-hydrogen) atoms. The van der Waals surface area contributed by atoms with E-state index in [0.29, 0.717) is 0 Å². The van der Waals surface area contributed by atoms with Crippen molar-refractivity contribution in [2.75, 3.05) is 0 Å². The van der Waals surface area contributed by atoms with Gasteiger partial charge in [0.25, 0.3) is 0 Å². The molecule has 2 aromatic rings. The quantitative estimate of drug-likeness (QED) is 0.868. The predicted molar refractivity (Wildman–Crippen MR) is 57.2 cm³/mol. The summed E-state index contributed by atoms with van der Waals surface area (Å²) in [6.45, 7) is 1.50. The molecule has 0 aliphatic rings. The fourth-order valence-electron chi connectivity index (χ4n) is 1.51. The maximum atomic E-state index is 13.7. The molecule has 88 valence electrons. The van der Waals surface area contributed by atoms with E-state index in [1.165, 1.54) is 25.4 Å². The van der Waals surface area contributed by atoms with E-state index in [2.05, 4.69) is 9.97 Å². The highest BCUT2D eigenvalue weighted by atomic mass is 19.1. The van der Waals surface area contributed by atoms with Gasteiger partial charge in [-0.15, -0.1) is 0 Å². The van der Waals surface area contributed by atoms with Gasteiger partial charge < -0.3 is 5.11 Å². The summed E-state index contributed by atoms with van der Waals surface area (Å²) in [5, 5.41) is 9.87. The zero-order valence-electron chi connectivity index (χ0n) is 9.06. The van der Waals surface area contributed by atoms with Gasteiger partial charge in [-0.2, -0.15) is 0 Å². The molecule has 1 atom stereocenters. The number of benzene rings is 1. The number of aromatic nitrogens is 2. The molecule has 1 heterocycles. The van der Waals surface area contributed by atoms with Crippen LogP contribution < -0.4 is 0 Å². The van der Waals surface area contributed by atoms with E-state index in [0.717, 1.165) is 6.07 Å². The molecule has 3 nitrogen and oxygen atoms in total. The number of rotatable bonds is 2.